The van der Waals surface area contributed by atoms with Crippen molar-refractivity contribution in [2.75, 3.05) is 0 Å². The summed E-state index contributed by atoms with van der Waals surface area (Å²) in [5.74, 6) is 0.267. The number of hydrogen-bond donors (Lipinski definition) is 1. The number of hydrogen-bond acceptors (Lipinski definition) is 2. The maximum atomic E-state index is 10.9. The van der Waals surface area contributed by atoms with Gasteiger partial charge in [0.25, 0.3) is 0 Å². The van der Waals surface area contributed by atoms with Gasteiger partial charge in [-0.15, -0.1) is 0 Å². The quantitative estimate of drug-likeness (QED) is 0.669. The van der Waals surface area contributed by atoms with Crippen molar-refractivity contribution in [1.29, 1.82) is 0 Å². The number of allylic oxidation sites excluding steroid dienone is 3. The van der Waals surface area contributed by atoms with E-state index in [2.05, 4.69) is 0 Å². The maximum absolute atomic E-state index is 10.9. The van der Waals surface area contributed by atoms with E-state index in [-0.39, 0.29) is 10.8 Å². The monoisotopic (exact) mass is 187 g/mol. The van der Waals surface area contributed by atoms with Gasteiger partial charge in [0, 0.05) is 0 Å². The first-order valence-corrected chi connectivity index (χ1v) is 5.36. The van der Waals surface area contributed by atoms with Crippen LogP contribution in [0.25, 0.3) is 0 Å². The van der Waals surface area contributed by atoms with Crippen molar-refractivity contribution in [2.24, 2.45) is 11.1 Å². The molecule has 0 radical (unpaired) electrons. The SMILES string of the molecule is CC1=CC(S(N)(=O)=O)=CC(C)C1. The number of primary sulfonamides is 1. The Kier molecular flexibility index (Phi) is 2.39. The third kappa shape index (κ3) is 2.19. The van der Waals surface area contributed by atoms with Crippen molar-refractivity contribution in [3.05, 3.63) is 22.6 Å². The molecule has 0 saturated heterocycles. The average molecular weight is 187 g/mol. The molecule has 0 amide bonds. The van der Waals surface area contributed by atoms with Gasteiger partial charge >= 0.3 is 0 Å². The van der Waals surface area contributed by atoms with E-state index in [9.17, 15) is 8.42 Å². The molecule has 1 aliphatic rings. The zero-order valence-corrected chi connectivity index (χ0v) is 8.06. The van der Waals surface area contributed by atoms with Crippen molar-refractivity contribution in [3.63, 3.8) is 0 Å². The molecule has 1 rings (SSSR count). The molecule has 0 aromatic carbocycles. The zero-order valence-electron chi connectivity index (χ0n) is 7.24. The van der Waals surface area contributed by atoms with Gasteiger partial charge in [0.2, 0.25) is 10.0 Å². The lowest BCUT2D eigenvalue weighted by molar-refractivity contribution is 0.602. The number of rotatable bonds is 1. The van der Waals surface area contributed by atoms with Gasteiger partial charge in [-0.25, -0.2) is 13.6 Å². The molecule has 68 valence electrons. The summed E-state index contributed by atoms with van der Waals surface area (Å²) in [7, 11) is -3.51. The van der Waals surface area contributed by atoms with Crippen LogP contribution in [0.5, 0.6) is 0 Å². The van der Waals surface area contributed by atoms with Crippen LogP contribution < -0.4 is 5.14 Å². The molecule has 12 heavy (non-hydrogen) atoms. The molecule has 3 nitrogen and oxygen atoms in total. The first-order chi connectivity index (χ1) is 5.39. The zero-order chi connectivity index (χ0) is 9.35. The van der Waals surface area contributed by atoms with E-state index >= 15 is 0 Å². The Hall–Kier alpha value is -0.610. The lowest BCUT2D eigenvalue weighted by Crippen LogP contribution is -2.16. The largest absolute Gasteiger partial charge is 0.237 e. The molecule has 1 aliphatic carbocycles. The minimum atomic E-state index is -3.51. The van der Waals surface area contributed by atoms with E-state index in [1.54, 1.807) is 12.2 Å². The Labute approximate surface area is 73.0 Å². The highest BCUT2D eigenvalue weighted by Gasteiger charge is 2.15. The number of nitrogens with two attached hydrogens (primary N) is 1. The second-order valence-corrected chi connectivity index (χ2v) is 4.85. The minimum absolute atomic E-state index is 0.249. The predicted octanol–water partition coefficient (Wildman–Crippen LogP) is 1.14. The molecular weight excluding hydrogens is 174 g/mol. The van der Waals surface area contributed by atoms with Gasteiger partial charge in [-0.2, -0.15) is 0 Å². The Morgan fingerprint density at radius 1 is 1.58 bits per heavy atom. The van der Waals surface area contributed by atoms with Crippen LogP contribution in [0.4, 0.5) is 0 Å². The predicted molar refractivity (Wildman–Crippen MR) is 48.7 cm³/mol. The van der Waals surface area contributed by atoms with Gasteiger partial charge in [-0.05, 0) is 25.3 Å². The summed E-state index contributed by atoms with van der Waals surface area (Å²) < 4.78 is 21.9. The standard InChI is InChI=1S/C8H13NO2S/c1-6-3-7(2)5-8(4-6)12(9,10)11/h4-6H,3H2,1-2H3,(H2,9,10,11). The van der Waals surface area contributed by atoms with E-state index in [1.165, 1.54) is 0 Å². The van der Waals surface area contributed by atoms with Gasteiger partial charge in [-0.3, -0.25) is 0 Å². The molecule has 4 heteroatoms. The van der Waals surface area contributed by atoms with Crippen LogP contribution in [0.2, 0.25) is 0 Å². The number of sulfonamides is 1. The van der Waals surface area contributed by atoms with Crippen LogP contribution in [-0.2, 0) is 10.0 Å². The Morgan fingerprint density at radius 2 is 2.17 bits per heavy atom. The molecule has 0 aromatic rings. The fourth-order valence-electron chi connectivity index (χ4n) is 1.37. The maximum Gasteiger partial charge on any atom is 0.237 e. The molecule has 0 aliphatic heterocycles. The van der Waals surface area contributed by atoms with Crippen LogP contribution >= 0.6 is 0 Å². The third-order valence-corrected chi connectivity index (χ3v) is 2.72. The Morgan fingerprint density at radius 3 is 2.58 bits per heavy atom. The minimum Gasteiger partial charge on any atom is -0.225 e. The van der Waals surface area contributed by atoms with E-state index < -0.39 is 10.0 Å². The van der Waals surface area contributed by atoms with E-state index in [0.717, 1.165) is 12.0 Å². The fraction of sp³-hybridized carbons (Fsp3) is 0.500. The molecule has 0 spiro atoms. The third-order valence-electron chi connectivity index (χ3n) is 1.81. The van der Waals surface area contributed by atoms with Crippen LogP contribution in [0.3, 0.4) is 0 Å². The topological polar surface area (TPSA) is 60.2 Å². The lowest BCUT2D eigenvalue weighted by atomic mass is 9.97. The summed E-state index contributed by atoms with van der Waals surface area (Å²) in [6.07, 6.45) is 4.25. The summed E-state index contributed by atoms with van der Waals surface area (Å²) >= 11 is 0. The summed E-state index contributed by atoms with van der Waals surface area (Å²) in [4.78, 5) is 0.249. The highest BCUT2D eigenvalue weighted by Crippen LogP contribution is 2.23. The molecule has 0 fully saturated rings. The first kappa shape index (κ1) is 9.48. The molecular formula is C8H13NO2S. The molecule has 2 N–H and O–H groups in total. The molecule has 1 unspecified atom stereocenters. The van der Waals surface area contributed by atoms with Crippen LogP contribution in [0.15, 0.2) is 22.6 Å². The summed E-state index contributed by atoms with van der Waals surface area (Å²) in [5, 5.41) is 4.99. The van der Waals surface area contributed by atoms with Crippen molar-refractivity contribution in [1.82, 2.24) is 0 Å². The highest BCUT2D eigenvalue weighted by molar-refractivity contribution is 7.93. The summed E-state index contributed by atoms with van der Waals surface area (Å²) in [6.45, 7) is 3.89. The Bertz CT molecular complexity index is 338. The average Bonchev–Trinajstić information content (AvgIpc) is 1.82. The van der Waals surface area contributed by atoms with Crippen molar-refractivity contribution < 1.29 is 8.42 Å². The Balaban J connectivity index is 3.07. The van der Waals surface area contributed by atoms with Crippen molar-refractivity contribution in [2.45, 2.75) is 20.3 Å². The van der Waals surface area contributed by atoms with E-state index in [1.807, 2.05) is 13.8 Å². The van der Waals surface area contributed by atoms with E-state index in [0.29, 0.717) is 0 Å². The lowest BCUT2D eigenvalue weighted by Gasteiger charge is -2.14. The van der Waals surface area contributed by atoms with E-state index in [4.69, 9.17) is 5.14 Å². The smallest absolute Gasteiger partial charge is 0.225 e. The van der Waals surface area contributed by atoms with Crippen molar-refractivity contribution in [3.8, 4) is 0 Å². The molecule has 0 heterocycles. The van der Waals surface area contributed by atoms with Crippen LogP contribution in [0, 0.1) is 5.92 Å². The second kappa shape index (κ2) is 3.03. The molecule has 0 bridgehead atoms. The molecule has 0 saturated carbocycles. The molecule has 1 atom stereocenters. The first-order valence-electron chi connectivity index (χ1n) is 3.81. The van der Waals surface area contributed by atoms with Gasteiger partial charge < -0.3 is 0 Å². The van der Waals surface area contributed by atoms with Gasteiger partial charge in [0.1, 0.15) is 0 Å². The highest BCUT2D eigenvalue weighted by atomic mass is 32.2. The van der Waals surface area contributed by atoms with Crippen LogP contribution in [-0.4, -0.2) is 8.42 Å². The van der Waals surface area contributed by atoms with Gasteiger partial charge in [0.15, 0.2) is 0 Å². The second-order valence-electron chi connectivity index (χ2n) is 3.29. The van der Waals surface area contributed by atoms with Crippen molar-refractivity contribution >= 4 is 10.0 Å². The van der Waals surface area contributed by atoms with Gasteiger partial charge in [-0.1, -0.05) is 18.6 Å². The normalized spacial score (nSPS) is 24.8. The van der Waals surface area contributed by atoms with Crippen LogP contribution in [0.1, 0.15) is 20.3 Å². The molecule has 0 aromatic heterocycles. The fourth-order valence-corrected chi connectivity index (χ4v) is 2.16. The van der Waals surface area contributed by atoms with Gasteiger partial charge in [0.05, 0.1) is 4.91 Å². The summed E-state index contributed by atoms with van der Waals surface area (Å²) in [6, 6.07) is 0. The summed E-state index contributed by atoms with van der Waals surface area (Å²) in [5.41, 5.74) is 1.06.